The van der Waals surface area contributed by atoms with Gasteiger partial charge in [0.25, 0.3) is 0 Å². The molecule has 2 heterocycles. The highest BCUT2D eigenvalue weighted by molar-refractivity contribution is 6.25. The number of para-hydroxylation sites is 3. The number of hydrogen-bond donors (Lipinski definition) is 0. The largest absolute Gasteiger partial charge is 0.456 e. The molecule has 0 radical (unpaired) electrons. The lowest BCUT2D eigenvalue weighted by atomic mass is 9.92. The van der Waals surface area contributed by atoms with Crippen molar-refractivity contribution >= 4 is 93.1 Å². The standard InChI is InChI=1S/C54H34N2O/c1-3-15-37(16-4-1)55(39-29-28-36-27-26-35-14-7-8-19-41(35)46(36)32-39)40-30-31-51-48(33-40)54-43-21-10-9-20-42(43)47(34-52(54)57-51)44-23-13-25-50-53(44)45-22-11-12-24-49(45)56(50)38-17-5-2-6-18-38/h1-34H. The summed E-state index contributed by atoms with van der Waals surface area (Å²) < 4.78 is 9.21. The molecule has 0 unspecified atom stereocenters. The molecule has 57 heavy (non-hydrogen) atoms. The van der Waals surface area contributed by atoms with Crippen LogP contribution in [0.15, 0.2) is 211 Å². The van der Waals surface area contributed by atoms with Crippen LogP contribution in [0.2, 0.25) is 0 Å². The number of benzene rings is 10. The first kappa shape index (κ1) is 31.7. The average molecular weight is 727 g/mol. The van der Waals surface area contributed by atoms with Gasteiger partial charge in [-0.05, 0) is 116 Å². The van der Waals surface area contributed by atoms with Crippen LogP contribution >= 0.6 is 0 Å². The van der Waals surface area contributed by atoms with Crippen LogP contribution in [0.3, 0.4) is 0 Å². The number of nitrogens with zero attached hydrogens (tertiary/aromatic N) is 2. The Bertz CT molecular complexity index is 3520. The molecule has 0 saturated heterocycles. The molecule has 0 bridgehead atoms. The fourth-order valence-electron chi connectivity index (χ4n) is 9.24. The van der Waals surface area contributed by atoms with Crippen LogP contribution in [0, 0.1) is 0 Å². The molecule has 3 heteroatoms. The highest BCUT2D eigenvalue weighted by Crippen LogP contribution is 2.46. The van der Waals surface area contributed by atoms with Gasteiger partial charge in [0.15, 0.2) is 0 Å². The van der Waals surface area contributed by atoms with Crippen LogP contribution in [0.1, 0.15) is 0 Å². The lowest BCUT2D eigenvalue weighted by Crippen LogP contribution is -2.09. The Balaban J connectivity index is 1.09. The topological polar surface area (TPSA) is 21.3 Å². The minimum atomic E-state index is 0.868. The van der Waals surface area contributed by atoms with Crippen molar-refractivity contribution in [3.05, 3.63) is 206 Å². The van der Waals surface area contributed by atoms with Gasteiger partial charge in [0.05, 0.1) is 11.0 Å². The summed E-state index contributed by atoms with van der Waals surface area (Å²) in [4.78, 5) is 2.36. The molecule has 10 aromatic carbocycles. The van der Waals surface area contributed by atoms with Gasteiger partial charge in [-0.15, -0.1) is 0 Å². The van der Waals surface area contributed by atoms with Gasteiger partial charge >= 0.3 is 0 Å². The summed E-state index contributed by atoms with van der Waals surface area (Å²) in [6.45, 7) is 0. The van der Waals surface area contributed by atoms with Crippen molar-refractivity contribution in [2.75, 3.05) is 4.90 Å². The first-order chi connectivity index (χ1) is 28.3. The Kier molecular flexibility index (Phi) is 6.93. The number of rotatable bonds is 5. The molecule has 0 atom stereocenters. The molecule has 0 saturated carbocycles. The Labute approximate surface area is 328 Å². The number of hydrogen-bond acceptors (Lipinski definition) is 2. The van der Waals surface area contributed by atoms with Crippen molar-refractivity contribution in [3.8, 4) is 16.8 Å². The molecule has 0 aliphatic rings. The van der Waals surface area contributed by atoms with Crippen molar-refractivity contribution in [3.63, 3.8) is 0 Å². The van der Waals surface area contributed by atoms with Gasteiger partial charge in [-0.3, -0.25) is 0 Å². The second kappa shape index (κ2) is 12.5. The molecular formula is C54H34N2O. The number of fused-ring (bicyclic) bond motifs is 11. The zero-order chi connectivity index (χ0) is 37.5. The quantitative estimate of drug-likeness (QED) is 0.165. The molecule has 0 N–H and O–H groups in total. The van der Waals surface area contributed by atoms with E-state index in [1.807, 2.05) is 0 Å². The predicted octanol–water partition coefficient (Wildman–Crippen LogP) is 15.3. The molecule has 12 aromatic rings. The third-order valence-electron chi connectivity index (χ3n) is 11.7. The lowest BCUT2D eigenvalue weighted by Gasteiger charge is -2.26. The van der Waals surface area contributed by atoms with Crippen LogP contribution in [0.5, 0.6) is 0 Å². The van der Waals surface area contributed by atoms with Gasteiger partial charge in [0.1, 0.15) is 11.2 Å². The van der Waals surface area contributed by atoms with Crippen LogP contribution in [-0.4, -0.2) is 4.57 Å². The van der Waals surface area contributed by atoms with E-state index in [4.69, 9.17) is 4.42 Å². The minimum absolute atomic E-state index is 0.868. The molecule has 0 fully saturated rings. The van der Waals surface area contributed by atoms with Gasteiger partial charge in [-0.25, -0.2) is 0 Å². The Morgan fingerprint density at radius 2 is 0.947 bits per heavy atom. The highest BCUT2D eigenvalue weighted by atomic mass is 16.3. The summed E-state index contributed by atoms with van der Waals surface area (Å²) in [5.74, 6) is 0. The molecule has 3 nitrogen and oxygen atoms in total. The van der Waals surface area contributed by atoms with Crippen LogP contribution in [-0.2, 0) is 0 Å². The Hall–Kier alpha value is -7.62. The maximum absolute atomic E-state index is 6.83. The van der Waals surface area contributed by atoms with E-state index in [9.17, 15) is 0 Å². The summed E-state index contributed by atoms with van der Waals surface area (Å²) in [6, 6.07) is 74.4. The van der Waals surface area contributed by atoms with E-state index in [2.05, 4.69) is 216 Å². The first-order valence-electron chi connectivity index (χ1n) is 19.5. The average Bonchev–Trinajstić information content (AvgIpc) is 3.82. The SMILES string of the molecule is c1ccc(N(c2ccc3ccc4ccccc4c3c2)c2ccc3oc4cc(-c5cccc6c5c5ccccc5n6-c5ccccc5)c5ccccc5c4c3c2)cc1. The van der Waals surface area contributed by atoms with Crippen LogP contribution in [0.4, 0.5) is 17.1 Å². The maximum Gasteiger partial charge on any atom is 0.136 e. The van der Waals surface area contributed by atoms with Crippen molar-refractivity contribution in [1.82, 2.24) is 4.57 Å². The van der Waals surface area contributed by atoms with E-state index in [-0.39, 0.29) is 0 Å². The van der Waals surface area contributed by atoms with Crippen molar-refractivity contribution < 1.29 is 4.42 Å². The second-order valence-electron chi connectivity index (χ2n) is 14.9. The summed E-state index contributed by atoms with van der Waals surface area (Å²) in [7, 11) is 0. The number of furan rings is 1. The Morgan fingerprint density at radius 1 is 0.333 bits per heavy atom. The third-order valence-corrected chi connectivity index (χ3v) is 11.7. The highest BCUT2D eigenvalue weighted by Gasteiger charge is 2.21. The summed E-state index contributed by atoms with van der Waals surface area (Å²) in [6.07, 6.45) is 0. The monoisotopic (exact) mass is 726 g/mol. The van der Waals surface area contributed by atoms with Crippen molar-refractivity contribution in [1.29, 1.82) is 0 Å². The van der Waals surface area contributed by atoms with Crippen LogP contribution in [0.25, 0.3) is 92.9 Å². The fourth-order valence-corrected chi connectivity index (χ4v) is 9.24. The van der Waals surface area contributed by atoms with E-state index in [1.54, 1.807) is 0 Å². The van der Waals surface area contributed by atoms with Crippen molar-refractivity contribution in [2.45, 2.75) is 0 Å². The Morgan fingerprint density at radius 3 is 1.77 bits per heavy atom. The van der Waals surface area contributed by atoms with E-state index in [0.717, 1.165) is 50.3 Å². The fraction of sp³-hybridized carbons (Fsp3) is 0. The van der Waals surface area contributed by atoms with E-state index in [0.29, 0.717) is 0 Å². The molecule has 0 aliphatic carbocycles. The van der Waals surface area contributed by atoms with E-state index in [1.165, 1.54) is 59.7 Å². The number of anilines is 3. The summed E-state index contributed by atoms with van der Waals surface area (Å²) in [5, 5.41) is 12.0. The van der Waals surface area contributed by atoms with Crippen LogP contribution < -0.4 is 4.90 Å². The predicted molar refractivity (Wildman–Crippen MR) is 241 cm³/mol. The zero-order valence-corrected chi connectivity index (χ0v) is 30.9. The molecule has 12 rings (SSSR count). The summed E-state index contributed by atoms with van der Waals surface area (Å²) in [5.41, 5.74) is 10.9. The maximum atomic E-state index is 6.83. The van der Waals surface area contributed by atoms with Gasteiger partial charge in [0, 0.05) is 44.3 Å². The molecule has 266 valence electrons. The minimum Gasteiger partial charge on any atom is -0.456 e. The van der Waals surface area contributed by atoms with Gasteiger partial charge in [-0.1, -0.05) is 133 Å². The van der Waals surface area contributed by atoms with Crippen molar-refractivity contribution in [2.24, 2.45) is 0 Å². The number of aromatic nitrogens is 1. The van der Waals surface area contributed by atoms with Gasteiger partial charge in [0.2, 0.25) is 0 Å². The molecular weight excluding hydrogens is 693 g/mol. The lowest BCUT2D eigenvalue weighted by molar-refractivity contribution is 0.669. The third kappa shape index (κ3) is 4.86. The molecule has 2 aromatic heterocycles. The van der Waals surface area contributed by atoms with E-state index < -0.39 is 0 Å². The molecule has 0 aliphatic heterocycles. The summed E-state index contributed by atoms with van der Waals surface area (Å²) >= 11 is 0. The van der Waals surface area contributed by atoms with Gasteiger partial charge in [-0.2, -0.15) is 0 Å². The van der Waals surface area contributed by atoms with Gasteiger partial charge < -0.3 is 13.9 Å². The second-order valence-corrected chi connectivity index (χ2v) is 14.9. The first-order valence-corrected chi connectivity index (χ1v) is 19.5. The molecule has 0 spiro atoms. The van der Waals surface area contributed by atoms with E-state index >= 15 is 0 Å². The zero-order valence-electron chi connectivity index (χ0n) is 30.9. The smallest absolute Gasteiger partial charge is 0.136 e. The normalized spacial score (nSPS) is 11.9. The molecule has 0 amide bonds.